The molecule has 1 heterocycles. The lowest BCUT2D eigenvalue weighted by atomic mass is 10.5. The molecule has 6 heteroatoms. The van der Waals surface area contributed by atoms with E-state index in [1.54, 1.807) is 6.07 Å². The molecule has 82 valence electrons. The Morgan fingerprint density at radius 1 is 1.67 bits per heavy atom. The second kappa shape index (κ2) is 4.75. The zero-order valence-corrected chi connectivity index (χ0v) is 10.2. The molecule has 1 unspecified atom stereocenters. The molecule has 0 saturated heterocycles. The van der Waals surface area contributed by atoms with E-state index in [4.69, 9.17) is 5.26 Å². The van der Waals surface area contributed by atoms with E-state index in [9.17, 15) is 8.42 Å². The van der Waals surface area contributed by atoms with Gasteiger partial charge in [-0.15, -0.1) is 11.3 Å². The molecule has 0 aliphatic rings. The molecule has 1 rings (SSSR count). The average Bonchev–Trinajstić information content (AvgIpc) is 2.68. The first-order chi connectivity index (χ1) is 6.98. The van der Waals surface area contributed by atoms with Gasteiger partial charge in [0.1, 0.15) is 0 Å². The molecular formula is C9H12N2O2S2. The Morgan fingerprint density at radius 2 is 2.33 bits per heavy atom. The normalized spacial score (nSPS) is 13.7. The smallest absolute Gasteiger partial charge is 0.211 e. The van der Waals surface area contributed by atoms with Crippen molar-refractivity contribution < 1.29 is 8.42 Å². The molecule has 1 atom stereocenters. The first-order valence-electron chi connectivity index (χ1n) is 4.35. The van der Waals surface area contributed by atoms with Crippen molar-refractivity contribution in [3.63, 3.8) is 0 Å². The summed E-state index contributed by atoms with van der Waals surface area (Å²) in [5, 5.41) is 9.49. The van der Waals surface area contributed by atoms with Gasteiger partial charge < -0.3 is 0 Å². The van der Waals surface area contributed by atoms with Crippen LogP contribution in [0.15, 0.2) is 17.5 Å². The molecule has 4 nitrogen and oxygen atoms in total. The van der Waals surface area contributed by atoms with Crippen LogP contribution in [0.2, 0.25) is 0 Å². The lowest BCUT2D eigenvalue weighted by molar-refractivity contribution is 0.466. The minimum Gasteiger partial charge on any atom is -0.211 e. The fourth-order valence-electron chi connectivity index (χ4n) is 1.05. The van der Waals surface area contributed by atoms with Crippen LogP contribution in [0.5, 0.6) is 0 Å². The summed E-state index contributed by atoms with van der Waals surface area (Å²) in [6.07, 6.45) is 0. The van der Waals surface area contributed by atoms with Gasteiger partial charge in [-0.05, 0) is 18.4 Å². The maximum absolute atomic E-state index is 11.7. The molecule has 0 bridgehead atoms. The summed E-state index contributed by atoms with van der Waals surface area (Å²) in [6, 6.07) is 5.48. The standard InChI is InChI=1S/C9H12N2O2S2/c1-8(6-10)15(12,13)11(2)7-9-4-3-5-14-9/h3-5,8H,7H2,1-2H3. The molecule has 0 spiro atoms. The van der Waals surface area contributed by atoms with Gasteiger partial charge in [0.2, 0.25) is 10.0 Å². The maximum Gasteiger partial charge on any atom is 0.230 e. The van der Waals surface area contributed by atoms with Gasteiger partial charge >= 0.3 is 0 Å². The first kappa shape index (κ1) is 12.2. The summed E-state index contributed by atoms with van der Waals surface area (Å²) in [5.74, 6) is 0. The molecule has 0 fully saturated rings. The molecule has 0 aliphatic heterocycles. The van der Waals surface area contributed by atoms with Gasteiger partial charge in [-0.25, -0.2) is 8.42 Å². The topological polar surface area (TPSA) is 61.2 Å². The van der Waals surface area contributed by atoms with Gasteiger partial charge in [-0.1, -0.05) is 6.07 Å². The molecule has 1 aromatic rings. The minimum atomic E-state index is -3.49. The van der Waals surface area contributed by atoms with E-state index in [0.717, 1.165) is 4.88 Å². The van der Waals surface area contributed by atoms with Crippen LogP contribution in [0.25, 0.3) is 0 Å². The summed E-state index contributed by atoms with van der Waals surface area (Å²) in [5.41, 5.74) is 0. The van der Waals surface area contributed by atoms with Crippen molar-refractivity contribution in [2.24, 2.45) is 0 Å². The molecule has 0 aromatic carbocycles. The highest BCUT2D eigenvalue weighted by Gasteiger charge is 2.25. The van der Waals surface area contributed by atoms with Crippen LogP contribution in [0, 0.1) is 11.3 Å². The fraction of sp³-hybridized carbons (Fsp3) is 0.444. The van der Waals surface area contributed by atoms with E-state index in [-0.39, 0.29) is 0 Å². The van der Waals surface area contributed by atoms with Crippen molar-refractivity contribution in [3.05, 3.63) is 22.4 Å². The quantitative estimate of drug-likeness (QED) is 0.804. The van der Waals surface area contributed by atoms with Gasteiger partial charge in [0.15, 0.2) is 5.25 Å². The summed E-state index contributed by atoms with van der Waals surface area (Å²) in [4.78, 5) is 0.964. The predicted octanol–water partition coefficient (Wildman–Crippen LogP) is 1.42. The Balaban J connectivity index is 2.78. The zero-order chi connectivity index (χ0) is 11.5. The number of nitriles is 1. The first-order valence-corrected chi connectivity index (χ1v) is 6.74. The lowest BCUT2D eigenvalue weighted by Crippen LogP contribution is -2.33. The Labute approximate surface area is 93.8 Å². The van der Waals surface area contributed by atoms with Gasteiger partial charge in [0, 0.05) is 18.5 Å². The Hall–Kier alpha value is -0.900. The maximum atomic E-state index is 11.7. The van der Waals surface area contributed by atoms with Crippen LogP contribution in [-0.4, -0.2) is 25.0 Å². The monoisotopic (exact) mass is 244 g/mol. The predicted molar refractivity (Wildman–Crippen MR) is 59.8 cm³/mol. The number of hydrogen-bond acceptors (Lipinski definition) is 4. The number of sulfonamides is 1. The SMILES string of the molecule is CC(C#N)S(=O)(=O)N(C)Cc1cccs1. The van der Waals surface area contributed by atoms with Gasteiger partial charge in [0.25, 0.3) is 0 Å². The molecular weight excluding hydrogens is 232 g/mol. The van der Waals surface area contributed by atoms with Crippen molar-refractivity contribution >= 4 is 21.4 Å². The summed E-state index contributed by atoms with van der Waals surface area (Å²) in [6.45, 7) is 1.71. The van der Waals surface area contributed by atoms with E-state index in [2.05, 4.69) is 0 Å². The van der Waals surface area contributed by atoms with Crippen molar-refractivity contribution in [2.75, 3.05) is 7.05 Å². The van der Waals surface area contributed by atoms with Crippen LogP contribution < -0.4 is 0 Å². The van der Waals surface area contributed by atoms with Crippen LogP contribution in [0.1, 0.15) is 11.8 Å². The van der Waals surface area contributed by atoms with Crippen molar-refractivity contribution in [1.29, 1.82) is 5.26 Å². The third kappa shape index (κ3) is 2.78. The minimum absolute atomic E-state index is 0.325. The Bertz CT molecular complexity index is 445. The zero-order valence-electron chi connectivity index (χ0n) is 8.54. The van der Waals surface area contributed by atoms with Crippen LogP contribution in [-0.2, 0) is 16.6 Å². The van der Waals surface area contributed by atoms with Gasteiger partial charge in [0.05, 0.1) is 6.07 Å². The number of nitrogens with zero attached hydrogens (tertiary/aromatic N) is 2. The summed E-state index contributed by atoms with van der Waals surface area (Å²) < 4.78 is 24.6. The van der Waals surface area contributed by atoms with E-state index >= 15 is 0 Å². The van der Waals surface area contributed by atoms with Crippen molar-refractivity contribution in [1.82, 2.24) is 4.31 Å². The summed E-state index contributed by atoms with van der Waals surface area (Å²) >= 11 is 1.50. The molecule has 0 N–H and O–H groups in total. The third-order valence-electron chi connectivity index (χ3n) is 2.02. The summed E-state index contributed by atoms with van der Waals surface area (Å²) in [7, 11) is -2.00. The molecule has 0 radical (unpaired) electrons. The van der Waals surface area contributed by atoms with Crippen LogP contribution in [0.3, 0.4) is 0 Å². The molecule has 1 aromatic heterocycles. The highest BCUT2D eigenvalue weighted by molar-refractivity contribution is 7.89. The molecule has 15 heavy (non-hydrogen) atoms. The number of rotatable bonds is 4. The fourth-order valence-corrected chi connectivity index (χ4v) is 2.88. The highest BCUT2D eigenvalue weighted by Crippen LogP contribution is 2.15. The van der Waals surface area contributed by atoms with Crippen LogP contribution >= 0.6 is 11.3 Å². The van der Waals surface area contributed by atoms with E-state index in [1.165, 1.54) is 29.6 Å². The second-order valence-electron chi connectivity index (χ2n) is 3.15. The largest absolute Gasteiger partial charge is 0.230 e. The number of hydrogen-bond donors (Lipinski definition) is 0. The van der Waals surface area contributed by atoms with E-state index in [0.29, 0.717) is 6.54 Å². The van der Waals surface area contributed by atoms with Crippen LogP contribution in [0.4, 0.5) is 0 Å². The third-order valence-corrected chi connectivity index (χ3v) is 4.88. The second-order valence-corrected chi connectivity index (χ2v) is 6.54. The van der Waals surface area contributed by atoms with E-state index in [1.807, 2.05) is 17.5 Å². The lowest BCUT2D eigenvalue weighted by Gasteiger charge is -2.17. The van der Waals surface area contributed by atoms with E-state index < -0.39 is 15.3 Å². The van der Waals surface area contributed by atoms with Gasteiger partial charge in [-0.2, -0.15) is 9.57 Å². The molecule has 0 aliphatic carbocycles. The molecule has 0 saturated carbocycles. The van der Waals surface area contributed by atoms with Crippen molar-refractivity contribution in [3.8, 4) is 6.07 Å². The van der Waals surface area contributed by atoms with Gasteiger partial charge in [-0.3, -0.25) is 0 Å². The highest BCUT2D eigenvalue weighted by atomic mass is 32.2. The average molecular weight is 244 g/mol. The van der Waals surface area contributed by atoms with Crippen molar-refractivity contribution in [2.45, 2.75) is 18.7 Å². The number of thiophene rings is 1. The molecule has 0 amide bonds. The Morgan fingerprint density at radius 3 is 2.80 bits per heavy atom. The Kier molecular flexibility index (Phi) is 3.85.